The fourth-order valence-corrected chi connectivity index (χ4v) is 3.69. The number of benzene rings is 1. The molecule has 0 saturated heterocycles. The second-order valence-electron chi connectivity index (χ2n) is 5.65. The van der Waals surface area contributed by atoms with Gasteiger partial charge in [0, 0.05) is 22.9 Å². The van der Waals surface area contributed by atoms with Crippen molar-refractivity contribution in [2.24, 2.45) is 0 Å². The topological polar surface area (TPSA) is 72.0 Å². The molecule has 6 heteroatoms. The first kappa shape index (κ1) is 14.4. The molecule has 2 aromatic rings. The third kappa shape index (κ3) is 2.34. The van der Waals surface area contributed by atoms with Gasteiger partial charge in [-0.2, -0.15) is 0 Å². The maximum absolute atomic E-state index is 12.5. The monoisotopic (exact) mass is 372 g/mol. The Kier molecular flexibility index (Phi) is 3.41. The molecule has 0 unspecified atom stereocenters. The van der Waals surface area contributed by atoms with E-state index in [-0.39, 0.29) is 11.3 Å². The molecule has 116 valence electrons. The Morgan fingerprint density at radius 3 is 2.96 bits per heavy atom. The van der Waals surface area contributed by atoms with Crippen molar-refractivity contribution >= 4 is 21.7 Å². The van der Waals surface area contributed by atoms with Crippen molar-refractivity contribution in [1.82, 2.24) is 9.97 Å². The first-order valence-corrected chi connectivity index (χ1v) is 8.21. The van der Waals surface area contributed by atoms with Gasteiger partial charge in [0.1, 0.15) is 5.76 Å². The van der Waals surface area contributed by atoms with Crippen LogP contribution in [0.5, 0.6) is 5.88 Å². The minimum absolute atomic E-state index is 0.0464. The SMILES string of the molecule is O=C1CCCC2=C1[C@H](c1cccc(Br)c1)c1c(nc[nH]c1=O)O2. The molecule has 1 N–H and O–H groups in total. The molecule has 1 aliphatic carbocycles. The standard InChI is InChI=1S/C17H13BrN2O3/c18-10-4-1-3-9(7-10)13-14-11(21)5-2-6-12(14)23-17-15(13)16(22)19-8-20-17/h1,3-4,7-8,13H,2,5-6H2,(H,19,20,22)/t13-/m0/s1. The van der Waals surface area contributed by atoms with Crippen molar-refractivity contribution in [3.05, 3.63) is 67.9 Å². The number of nitrogens with one attached hydrogen (secondary N) is 1. The zero-order valence-electron chi connectivity index (χ0n) is 12.1. The lowest BCUT2D eigenvalue weighted by Crippen LogP contribution is -2.30. The fourth-order valence-electron chi connectivity index (χ4n) is 3.27. The highest BCUT2D eigenvalue weighted by molar-refractivity contribution is 9.10. The quantitative estimate of drug-likeness (QED) is 0.834. The Morgan fingerprint density at radius 2 is 2.13 bits per heavy atom. The highest BCUT2D eigenvalue weighted by atomic mass is 79.9. The van der Waals surface area contributed by atoms with Crippen LogP contribution in [-0.2, 0) is 4.79 Å². The lowest BCUT2D eigenvalue weighted by Gasteiger charge is -2.31. The summed E-state index contributed by atoms with van der Waals surface area (Å²) in [6.07, 6.45) is 3.27. The van der Waals surface area contributed by atoms with Crippen LogP contribution in [0.15, 0.2) is 51.2 Å². The van der Waals surface area contributed by atoms with E-state index in [1.807, 2.05) is 24.3 Å². The summed E-state index contributed by atoms with van der Waals surface area (Å²) in [5.74, 6) is 0.561. The summed E-state index contributed by atoms with van der Waals surface area (Å²) in [7, 11) is 0. The van der Waals surface area contributed by atoms with Gasteiger partial charge in [-0.05, 0) is 24.1 Å². The van der Waals surface area contributed by atoms with E-state index in [0.29, 0.717) is 35.6 Å². The van der Waals surface area contributed by atoms with Crippen molar-refractivity contribution in [3.63, 3.8) is 0 Å². The smallest absolute Gasteiger partial charge is 0.258 e. The summed E-state index contributed by atoms with van der Waals surface area (Å²) in [6.45, 7) is 0. The Balaban J connectivity index is 2.01. The molecule has 0 fully saturated rings. The van der Waals surface area contributed by atoms with Gasteiger partial charge in [-0.1, -0.05) is 28.1 Å². The van der Waals surface area contributed by atoms with E-state index in [9.17, 15) is 9.59 Å². The van der Waals surface area contributed by atoms with Crippen LogP contribution in [0.2, 0.25) is 0 Å². The van der Waals surface area contributed by atoms with Crippen LogP contribution in [0.25, 0.3) is 0 Å². The van der Waals surface area contributed by atoms with E-state index in [2.05, 4.69) is 25.9 Å². The fraction of sp³-hybridized carbons (Fsp3) is 0.235. The molecule has 5 nitrogen and oxygen atoms in total. The van der Waals surface area contributed by atoms with Crippen molar-refractivity contribution in [2.45, 2.75) is 25.2 Å². The number of aromatic nitrogens is 2. The van der Waals surface area contributed by atoms with Crippen LogP contribution in [0.3, 0.4) is 0 Å². The third-order valence-corrected chi connectivity index (χ3v) is 4.73. The van der Waals surface area contributed by atoms with E-state index >= 15 is 0 Å². The number of aromatic amines is 1. The minimum atomic E-state index is -0.434. The summed E-state index contributed by atoms with van der Waals surface area (Å²) in [5, 5.41) is 0. The molecule has 0 radical (unpaired) electrons. The molecule has 2 heterocycles. The number of ketones is 1. The number of Topliss-reactive ketones (excluding diaryl/α,β-unsaturated/α-hetero) is 1. The highest BCUT2D eigenvalue weighted by Crippen LogP contribution is 2.44. The van der Waals surface area contributed by atoms with Crippen LogP contribution in [0.4, 0.5) is 0 Å². The van der Waals surface area contributed by atoms with Gasteiger partial charge in [-0.15, -0.1) is 0 Å². The number of halogens is 1. The van der Waals surface area contributed by atoms with Crippen molar-refractivity contribution in [2.75, 3.05) is 0 Å². The lowest BCUT2D eigenvalue weighted by molar-refractivity contribution is -0.116. The average Bonchev–Trinajstić information content (AvgIpc) is 2.53. The Labute approximate surface area is 140 Å². The van der Waals surface area contributed by atoms with Crippen LogP contribution in [-0.4, -0.2) is 15.8 Å². The summed E-state index contributed by atoms with van der Waals surface area (Å²) < 4.78 is 6.68. The number of rotatable bonds is 1. The average molecular weight is 373 g/mol. The normalized spacial score (nSPS) is 19.9. The number of carbonyl (C=O) groups excluding carboxylic acids is 1. The molecule has 1 aromatic heterocycles. The number of nitrogens with zero attached hydrogens (tertiary/aromatic N) is 1. The number of hydrogen-bond acceptors (Lipinski definition) is 4. The zero-order valence-corrected chi connectivity index (χ0v) is 13.7. The molecule has 0 amide bonds. The Hall–Kier alpha value is -2.21. The number of carbonyl (C=O) groups is 1. The van der Waals surface area contributed by atoms with Crippen LogP contribution in [0, 0.1) is 0 Å². The van der Waals surface area contributed by atoms with Gasteiger partial charge in [0.25, 0.3) is 5.56 Å². The molecule has 1 aromatic carbocycles. The molecule has 2 aliphatic rings. The molecule has 0 saturated carbocycles. The first-order valence-electron chi connectivity index (χ1n) is 7.42. The molecule has 0 bridgehead atoms. The predicted molar refractivity (Wildman–Crippen MR) is 87.4 cm³/mol. The van der Waals surface area contributed by atoms with E-state index in [1.54, 1.807) is 0 Å². The van der Waals surface area contributed by atoms with E-state index < -0.39 is 5.92 Å². The van der Waals surface area contributed by atoms with Gasteiger partial charge < -0.3 is 9.72 Å². The first-order chi connectivity index (χ1) is 11.1. The molecule has 23 heavy (non-hydrogen) atoms. The van der Waals surface area contributed by atoms with Crippen molar-refractivity contribution in [3.8, 4) is 5.88 Å². The van der Waals surface area contributed by atoms with Gasteiger partial charge >= 0.3 is 0 Å². The summed E-state index contributed by atoms with van der Waals surface area (Å²) in [6, 6.07) is 7.66. The van der Waals surface area contributed by atoms with Crippen molar-refractivity contribution < 1.29 is 9.53 Å². The van der Waals surface area contributed by atoms with Gasteiger partial charge in [0.2, 0.25) is 5.88 Å². The number of fused-ring (bicyclic) bond motifs is 1. The molecular formula is C17H13BrN2O3. The predicted octanol–water partition coefficient (Wildman–Crippen LogP) is 3.06. The molecule has 1 atom stereocenters. The lowest BCUT2D eigenvalue weighted by atomic mass is 9.78. The molecule has 4 rings (SSSR count). The maximum atomic E-state index is 12.5. The summed E-state index contributed by atoms with van der Waals surface area (Å²) in [5.41, 5.74) is 1.61. The Morgan fingerprint density at radius 1 is 1.26 bits per heavy atom. The molecule has 0 spiro atoms. The highest BCUT2D eigenvalue weighted by Gasteiger charge is 2.39. The number of hydrogen-bond donors (Lipinski definition) is 1. The van der Waals surface area contributed by atoms with Gasteiger partial charge in [0.15, 0.2) is 5.78 Å². The van der Waals surface area contributed by atoms with Crippen molar-refractivity contribution in [1.29, 1.82) is 0 Å². The van der Waals surface area contributed by atoms with Gasteiger partial charge in [-0.3, -0.25) is 9.59 Å². The summed E-state index contributed by atoms with van der Waals surface area (Å²) >= 11 is 3.46. The zero-order chi connectivity index (χ0) is 16.0. The molecule has 1 aliphatic heterocycles. The Bertz CT molecular complexity index is 901. The maximum Gasteiger partial charge on any atom is 0.258 e. The van der Waals surface area contributed by atoms with E-state index in [1.165, 1.54) is 6.33 Å². The largest absolute Gasteiger partial charge is 0.442 e. The van der Waals surface area contributed by atoms with E-state index in [0.717, 1.165) is 16.5 Å². The van der Waals surface area contributed by atoms with Gasteiger partial charge in [-0.25, -0.2) is 4.98 Å². The molecular weight excluding hydrogens is 360 g/mol. The van der Waals surface area contributed by atoms with Crippen LogP contribution >= 0.6 is 15.9 Å². The van der Waals surface area contributed by atoms with E-state index in [4.69, 9.17) is 4.74 Å². The number of ether oxygens (including phenoxy) is 1. The second kappa shape index (κ2) is 5.45. The third-order valence-electron chi connectivity index (χ3n) is 4.24. The second-order valence-corrected chi connectivity index (χ2v) is 6.57. The minimum Gasteiger partial charge on any atom is -0.442 e. The summed E-state index contributed by atoms with van der Waals surface area (Å²) in [4.78, 5) is 31.7. The van der Waals surface area contributed by atoms with Gasteiger partial charge in [0.05, 0.1) is 17.8 Å². The number of H-pyrrole nitrogens is 1. The number of allylic oxidation sites excluding steroid dienone is 2. The van der Waals surface area contributed by atoms with Crippen LogP contribution < -0.4 is 10.3 Å². The van der Waals surface area contributed by atoms with Crippen LogP contribution in [0.1, 0.15) is 36.3 Å².